The third kappa shape index (κ3) is 3.57. The van der Waals surface area contributed by atoms with Crippen molar-refractivity contribution in [3.8, 4) is 11.4 Å². The van der Waals surface area contributed by atoms with E-state index in [1.165, 1.54) is 11.3 Å². The summed E-state index contributed by atoms with van der Waals surface area (Å²) in [6.45, 7) is 2.43. The average molecular weight is 371 g/mol. The second-order valence-electron chi connectivity index (χ2n) is 5.14. The van der Waals surface area contributed by atoms with Crippen LogP contribution in [0.1, 0.15) is 16.6 Å². The molecular weight excluding hydrogens is 354 g/mol. The number of anilines is 2. The van der Waals surface area contributed by atoms with Crippen molar-refractivity contribution in [2.24, 2.45) is 0 Å². The Labute approximate surface area is 154 Å². The van der Waals surface area contributed by atoms with Gasteiger partial charge in [-0.1, -0.05) is 41.7 Å². The summed E-state index contributed by atoms with van der Waals surface area (Å²) < 4.78 is 7.81. The third-order valence-corrected chi connectivity index (χ3v) is 4.88. The molecule has 7 heteroatoms. The number of carbonyl (C=O) groups excluding carboxylic acids is 1. The Kier molecular flexibility index (Phi) is 5.16. The van der Waals surface area contributed by atoms with Crippen LogP contribution in [0.3, 0.4) is 0 Å². The molecule has 0 unspecified atom stereocenters. The lowest BCUT2D eigenvalue weighted by atomic mass is 10.3. The van der Waals surface area contributed by atoms with E-state index in [1.54, 1.807) is 4.57 Å². The zero-order valence-corrected chi connectivity index (χ0v) is 15.2. The molecule has 3 N–H and O–H groups in total. The molecule has 25 heavy (non-hydrogen) atoms. The number of aromatic nitrogens is 1. The highest BCUT2D eigenvalue weighted by molar-refractivity contribution is 7.73. The Morgan fingerprint density at radius 2 is 1.88 bits per heavy atom. The number of benzene rings is 2. The lowest BCUT2D eigenvalue weighted by Crippen LogP contribution is -2.13. The van der Waals surface area contributed by atoms with Crippen molar-refractivity contribution in [3.05, 3.63) is 63.4 Å². The molecular formula is C18H17N3O2S2. The highest BCUT2D eigenvalue weighted by atomic mass is 32.1. The number of para-hydroxylation sites is 3. The minimum Gasteiger partial charge on any atom is -0.492 e. The fourth-order valence-electron chi connectivity index (χ4n) is 2.40. The van der Waals surface area contributed by atoms with Gasteiger partial charge in [-0.05, 0) is 43.4 Å². The van der Waals surface area contributed by atoms with E-state index in [1.807, 2.05) is 61.5 Å². The number of nitrogens with zero attached hydrogens (tertiary/aromatic N) is 1. The van der Waals surface area contributed by atoms with Crippen LogP contribution in [0.2, 0.25) is 0 Å². The van der Waals surface area contributed by atoms with Crippen molar-refractivity contribution in [3.63, 3.8) is 0 Å². The first-order valence-electron chi connectivity index (χ1n) is 7.71. The average Bonchev–Trinajstić information content (AvgIpc) is 2.91. The van der Waals surface area contributed by atoms with Gasteiger partial charge in [-0.3, -0.25) is 9.36 Å². The molecule has 0 saturated heterocycles. The van der Waals surface area contributed by atoms with Crippen molar-refractivity contribution in [2.45, 2.75) is 6.92 Å². The highest BCUT2D eigenvalue weighted by Crippen LogP contribution is 2.31. The maximum atomic E-state index is 12.6. The molecule has 0 bridgehead atoms. The Bertz CT molecular complexity index is 948. The number of carbonyl (C=O) groups is 1. The number of amides is 1. The molecule has 0 aliphatic rings. The zero-order chi connectivity index (χ0) is 17.8. The van der Waals surface area contributed by atoms with Crippen LogP contribution in [0.5, 0.6) is 5.75 Å². The first-order valence-corrected chi connectivity index (χ1v) is 8.94. The molecule has 3 aromatic rings. The van der Waals surface area contributed by atoms with Crippen LogP contribution in [0.15, 0.2) is 54.6 Å². The molecule has 1 heterocycles. The summed E-state index contributed by atoms with van der Waals surface area (Å²) in [6, 6.07) is 16.7. The van der Waals surface area contributed by atoms with Gasteiger partial charge in [0.05, 0.1) is 12.3 Å². The number of thiazole rings is 1. The molecule has 3 rings (SSSR count). The SMILES string of the molecule is CCOc1ccccc1-n1c(N)c(C(=O)Nc2ccccc2)sc1=S. The molecule has 0 saturated carbocycles. The van der Waals surface area contributed by atoms with Crippen molar-refractivity contribution < 1.29 is 9.53 Å². The van der Waals surface area contributed by atoms with Gasteiger partial charge in [0.2, 0.25) is 0 Å². The van der Waals surface area contributed by atoms with Gasteiger partial charge >= 0.3 is 0 Å². The van der Waals surface area contributed by atoms with Crippen molar-refractivity contribution >= 4 is 41.0 Å². The van der Waals surface area contributed by atoms with Crippen LogP contribution in [0.25, 0.3) is 5.69 Å². The van der Waals surface area contributed by atoms with Crippen molar-refractivity contribution in [1.29, 1.82) is 0 Å². The van der Waals surface area contributed by atoms with Gasteiger partial charge in [0.25, 0.3) is 5.91 Å². The summed E-state index contributed by atoms with van der Waals surface area (Å²) in [5, 5.41) is 2.83. The quantitative estimate of drug-likeness (QED) is 0.648. The van der Waals surface area contributed by atoms with E-state index in [9.17, 15) is 4.79 Å². The van der Waals surface area contributed by atoms with Crippen LogP contribution < -0.4 is 15.8 Å². The van der Waals surface area contributed by atoms with E-state index < -0.39 is 0 Å². The van der Waals surface area contributed by atoms with Gasteiger partial charge in [0.15, 0.2) is 3.95 Å². The van der Waals surface area contributed by atoms with Gasteiger partial charge in [-0.2, -0.15) is 0 Å². The second-order valence-corrected chi connectivity index (χ2v) is 6.78. The molecule has 2 aromatic carbocycles. The van der Waals surface area contributed by atoms with E-state index in [-0.39, 0.29) is 5.91 Å². The molecule has 0 fully saturated rings. The molecule has 128 valence electrons. The first kappa shape index (κ1) is 17.2. The topological polar surface area (TPSA) is 69.3 Å². The summed E-state index contributed by atoms with van der Waals surface area (Å²) in [6.07, 6.45) is 0. The van der Waals surface area contributed by atoms with Gasteiger partial charge < -0.3 is 15.8 Å². The lowest BCUT2D eigenvalue weighted by Gasteiger charge is -2.12. The van der Waals surface area contributed by atoms with E-state index >= 15 is 0 Å². The highest BCUT2D eigenvalue weighted by Gasteiger charge is 2.20. The maximum absolute atomic E-state index is 12.6. The molecule has 0 radical (unpaired) electrons. The number of hydrogen-bond acceptors (Lipinski definition) is 5. The van der Waals surface area contributed by atoms with E-state index in [0.717, 1.165) is 5.69 Å². The maximum Gasteiger partial charge on any atom is 0.269 e. The number of rotatable bonds is 5. The zero-order valence-electron chi connectivity index (χ0n) is 13.6. The predicted octanol–water partition coefficient (Wildman–Crippen LogP) is 4.50. The molecule has 0 atom stereocenters. The Morgan fingerprint density at radius 1 is 1.20 bits per heavy atom. The van der Waals surface area contributed by atoms with Gasteiger partial charge in [0, 0.05) is 5.69 Å². The third-order valence-electron chi connectivity index (χ3n) is 3.49. The van der Waals surface area contributed by atoms with Crippen LogP contribution in [-0.4, -0.2) is 17.1 Å². The summed E-state index contributed by atoms with van der Waals surface area (Å²) in [4.78, 5) is 12.9. The summed E-state index contributed by atoms with van der Waals surface area (Å²) in [7, 11) is 0. The lowest BCUT2D eigenvalue weighted by molar-refractivity contribution is 0.103. The molecule has 0 aliphatic heterocycles. The smallest absolute Gasteiger partial charge is 0.269 e. The number of nitrogens with two attached hydrogens (primary N) is 1. The number of nitrogen functional groups attached to an aromatic ring is 1. The fourth-order valence-corrected chi connectivity index (χ4v) is 3.65. The largest absolute Gasteiger partial charge is 0.492 e. The van der Waals surface area contributed by atoms with Crippen molar-refractivity contribution in [2.75, 3.05) is 17.7 Å². The van der Waals surface area contributed by atoms with Crippen LogP contribution in [-0.2, 0) is 0 Å². The van der Waals surface area contributed by atoms with Crippen LogP contribution in [0, 0.1) is 3.95 Å². The van der Waals surface area contributed by atoms with Crippen LogP contribution >= 0.6 is 23.6 Å². The van der Waals surface area contributed by atoms with Crippen LogP contribution in [0.4, 0.5) is 11.5 Å². The number of ether oxygens (including phenoxy) is 1. The number of hydrogen-bond donors (Lipinski definition) is 2. The van der Waals surface area contributed by atoms with Gasteiger partial charge in [0.1, 0.15) is 16.4 Å². The van der Waals surface area contributed by atoms with Gasteiger partial charge in [-0.25, -0.2) is 0 Å². The summed E-state index contributed by atoms with van der Waals surface area (Å²) in [5.41, 5.74) is 7.67. The minimum atomic E-state index is -0.285. The Morgan fingerprint density at radius 3 is 2.60 bits per heavy atom. The van der Waals surface area contributed by atoms with E-state index in [4.69, 9.17) is 22.7 Å². The van der Waals surface area contributed by atoms with Gasteiger partial charge in [-0.15, -0.1) is 0 Å². The van der Waals surface area contributed by atoms with E-state index in [2.05, 4.69) is 5.32 Å². The van der Waals surface area contributed by atoms with E-state index in [0.29, 0.717) is 32.7 Å². The minimum absolute atomic E-state index is 0.285. The summed E-state index contributed by atoms with van der Waals surface area (Å²) in [5.74, 6) is 0.684. The summed E-state index contributed by atoms with van der Waals surface area (Å²) >= 11 is 6.61. The predicted molar refractivity (Wildman–Crippen MR) is 104 cm³/mol. The molecule has 0 spiro atoms. The second kappa shape index (κ2) is 7.50. The molecule has 1 aromatic heterocycles. The monoisotopic (exact) mass is 371 g/mol. The fraction of sp³-hybridized carbons (Fsp3) is 0.111. The first-order chi connectivity index (χ1) is 12.1. The van der Waals surface area contributed by atoms with Crippen molar-refractivity contribution in [1.82, 2.24) is 4.57 Å². The number of nitrogens with one attached hydrogen (secondary N) is 1. The normalized spacial score (nSPS) is 10.4. The Balaban J connectivity index is 1.99. The molecule has 5 nitrogen and oxygen atoms in total. The molecule has 1 amide bonds. The molecule has 0 aliphatic carbocycles. The Hall–Kier alpha value is -2.64. The standard InChI is InChI=1S/C18H17N3O2S2/c1-2-23-14-11-7-6-10-13(14)21-16(19)15(25-18(21)24)17(22)20-12-8-4-3-5-9-12/h3-11H,2,19H2,1H3,(H,20,22).